The second kappa shape index (κ2) is 10.2. The van der Waals surface area contributed by atoms with Crippen LogP contribution in [0.2, 0.25) is 10.0 Å². The Labute approximate surface area is 204 Å². The van der Waals surface area contributed by atoms with Crippen LogP contribution in [-0.4, -0.2) is 32.3 Å². The molecule has 0 spiro atoms. The fraction of sp³-hybridized carbons (Fsp3) is 0.130. The zero-order valence-electron chi connectivity index (χ0n) is 17.5. The number of nitrogens with zero attached hydrogens (tertiary/aromatic N) is 3. The molecular weight excluding hydrogens is 481 g/mol. The van der Waals surface area contributed by atoms with Crippen LogP contribution in [0.1, 0.15) is 16.2 Å². The second-order valence-corrected chi connectivity index (χ2v) is 8.95. The van der Waals surface area contributed by atoms with Crippen molar-refractivity contribution in [3.8, 4) is 0 Å². The van der Waals surface area contributed by atoms with Crippen molar-refractivity contribution in [2.45, 2.75) is 11.7 Å². The maximum atomic E-state index is 12.4. The third kappa shape index (κ3) is 5.65. The molecule has 0 radical (unpaired) electrons. The number of nitrogens with one attached hydrogen (secondary N) is 2. The van der Waals surface area contributed by atoms with E-state index in [1.165, 1.54) is 17.8 Å². The van der Waals surface area contributed by atoms with Gasteiger partial charge in [0.2, 0.25) is 5.91 Å². The number of aromatic nitrogens is 3. The van der Waals surface area contributed by atoms with Gasteiger partial charge >= 0.3 is 0 Å². The summed E-state index contributed by atoms with van der Waals surface area (Å²) >= 11 is 13.2. The molecule has 33 heavy (non-hydrogen) atoms. The number of anilines is 1. The van der Waals surface area contributed by atoms with Gasteiger partial charge in [-0.15, -0.1) is 10.2 Å². The lowest BCUT2D eigenvalue weighted by molar-refractivity contribution is -0.113. The van der Waals surface area contributed by atoms with Crippen molar-refractivity contribution in [2.75, 3.05) is 11.1 Å². The SMILES string of the molecule is Cn1c(CNC(=O)c2ccc(Cl)cc2Cl)nnc1SCC(=O)Nc1ccc2ccccc2c1. The number of rotatable bonds is 7. The molecule has 0 bridgehead atoms. The summed E-state index contributed by atoms with van der Waals surface area (Å²) in [6, 6.07) is 18.4. The smallest absolute Gasteiger partial charge is 0.253 e. The molecule has 0 aliphatic carbocycles. The molecule has 0 saturated heterocycles. The number of halogens is 2. The van der Waals surface area contributed by atoms with E-state index in [4.69, 9.17) is 23.2 Å². The predicted octanol–water partition coefficient (Wildman–Crippen LogP) is 4.94. The Morgan fingerprint density at radius 1 is 1.00 bits per heavy atom. The van der Waals surface area contributed by atoms with Gasteiger partial charge in [0.1, 0.15) is 0 Å². The van der Waals surface area contributed by atoms with Crippen molar-refractivity contribution in [1.82, 2.24) is 20.1 Å². The topological polar surface area (TPSA) is 88.9 Å². The average Bonchev–Trinajstić information content (AvgIpc) is 3.15. The summed E-state index contributed by atoms with van der Waals surface area (Å²) in [5.41, 5.74) is 1.06. The number of fused-ring (bicyclic) bond motifs is 1. The molecule has 0 fully saturated rings. The summed E-state index contributed by atoms with van der Waals surface area (Å²) in [6.07, 6.45) is 0. The van der Waals surface area contributed by atoms with Gasteiger partial charge in [0.15, 0.2) is 11.0 Å². The summed E-state index contributed by atoms with van der Waals surface area (Å²) in [5, 5.41) is 17.4. The van der Waals surface area contributed by atoms with Crippen LogP contribution in [-0.2, 0) is 18.4 Å². The van der Waals surface area contributed by atoms with Crippen molar-refractivity contribution in [2.24, 2.45) is 7.05 Å². The van der Waals surface area contributed by atoms with Gasteiger partial charge in [0, 0.05) is 17.8 Å². The van der Waals surface area contributed by atoms with E-state index in [0.717, 1.165) is 16.5 Å². The van der Waals surface area contributed by atoms with E-state index in [0.29, 0.717) is 21.6 Å². The third-order valence-electron chi connectivity index (χ3n) is 4.87. The van der Waals surface area contributed by atoms with Gasteiger partial charge < -0.3 is 15.2 Å². The van der Waals surface area contributed by atoms with Crippen LogP contribution >= 0.6 is 35.0 Å². The number of hydrogen-bond acceptors (Lipinski definition) is 5. The molecule has 2 N–H and O–H groups in total. The number of hydrogen-bond donors (Lipinski definition) is 2. The molecule has 1 heterocycles. The third-order valence-corrected chi connectivity index (χ3v) is 6.44. The Morgan fingerprint density at radius 2 is 1.79 bits per heavy atom. The minimum atomic E-state index is -0.344. The summed E-state index contributed by atoms with van der Waals surface area (Å²) in [7, 11) is 1.78. The Bertz CT molecular complexity index is 1340. The van der Waals surface area contributed by atoms with Crippen molar-refractivity contribution >= 4 is 63.2 Å². The van der Waals surface area contributed by atoms with Crippen molar-refractivity contribution in [3.63, 3.8) is 0 Å². The van der Waals surface area contributed by atoms with E-state index >= 15 is 0 Å². The fourth-order valence-electron chi connectivity index (χ4n) is 3.15. The molecule has 0 saturated carbocycles. The van der Waals surface area contributed by atoms with E-state index in [-0.39, 0.29) is 29.1 Å². The van der Waals surface area contributed by atoms with E-state index < -0.39 is 0 Å². The van der Waals surface area contributed by atoms with Crippen molar-refractivity contribution in [3.05, 3.63) is 82.1 Å². The summed E-state index contributed by atoms with van der Waals surface area (Å²) in [6.45, 7) is 0.158. The number of carbonyl (C=O) groups is 2. The lowest BCUT2D eigenvalue weighted by Gasteiger charge is -2.08. The first-order chi connectivity index (χ1) is 15.9. The van der Waals surface area contributed by atoms with Crippen LogP contribution in [0, 0.1) is 0 Å². The minimum Gasteiger partial charge on any atom is -0.345 e. The number of carbonyl (C=O) groups excluding carboxylic acids is 2. The lowest BCUT2D eigenvalue weighted by Crippen LogP contribution is -2.24. The van der Waals surface area contributed by atoms with E-state index in [1.54, 1.807) is 23.7 Å². The van der Waals surface area contributed by atoms with Gasteiger partial charge in [-0.2, -0.15) is 0 Å². The largest absolute Gasteiger partial charge is 0.345 e. The first-order valence-corrected chi connectivity index (χ1v) is 11.7. The lowest BCUT2D eigenvalue weighted by atomic mass is 10.1. The zero-order valence-corrected chi connectivity index (χ0v) is 19.8. The van der Waals surface area contributed by atoms with Crippen molar-refractivity contribution in [1.29, 1.82) is 0 Å². The Morgan fingerprint density at radius 3 is 2.58 bits per heavy atom. The van der Waals surface area contributed by atoms with Crippen LogP contribution in [0.5, 0.6) is 0 Å². The number of thioether (sulfide) groups is 1. The molecule has 3 aromatic carbocycles. The highest BCUT2D eigenvalue weighted by atomic mass is 35.5. The Balaban J connectivity index is 1.31. The maximum absolute atomic E-state index is 12.4. The monoisotopic (exact) mass is 499 g/mol. The quantitative estimate of drug-likeness (QED) is 0.351. The molecule has 10 heteroatoms. The van der Waals surface area contributed by atoms with Crippen LogP contribution < -0.4 is 10.6 Å². The molecule has 1 aromatic heterocycles. The van der Waals surface area contributed by atoms with Gasteiger partial charge in [0.25, 0.3) is 5.91 Å². The van der Waals surface area contributed by atoms with Crippen LogP contribution in [0.4, 0.5) is 5.69 Å². The second-order valence-electron chi connectivity index (χ2n) is 7.16. The molecule has 168 valence electrons. The van der Waals surface area contributed by atoms with Gasteiger partial charge in [-0.3, -0.25) is 9.59 Å². The first-order valence-electron chi connectivity index (χ1n) is 9.93. The minimum absolute atomic E-state index is 0.148. The molecule has 4 aromatic rings. The van der Waals surface area contributed by atoms with E-state index in [2.05, 4.69) is 20.8 Å². The molecule has 2 amide bonds. The number of amides is 2. The summed E-state index contributed by atoms with van der Waals surface area (Å²) < 4.78 is 1.73. The normalized spacial score (nSPS) is 10.9. The van der Waals surface area contributed by atoms with E-state index in [9.17, 15) is 9.59 Å². The van der Waals surface area contributed by atoms with Crippen LogP contribution in [0.25, 0.3) is 10.8 Å². The molecule has 0 atom stereocenters. The van der Waals surface area contributed by atoms with Gasteiger partial charge in [-0.1, -0.05) is 65.3 Å². The summed E-state index contributed by atoms with van der Waals surface area (Å²) in [5.74, 6) is 0.228. The molecular formula is C23H19Cl2N5O2S. The van der Waals surface area contributed by atoms with Gasteiger partial charge in [-0.05, 0) is 41.1 Å². The van der Waals surface area contributed by atoms with Crippen LogP contribution in [0.15, 0.2) is 65.8 Å². The fourth-order valence-corrected chi connectivity index (χ4v) is 4.37. The summed E-state index contributed by atoms with van der Waals surface area (Å²) in [4.78, 5) is 24.8. The van der Waals surface area contributed by atoms with E-state index in [1.807, 2.05) is 42.5 Å². The molecule has 0 unspecified atom stereocenters. The maximum Gasteiger partial charge on any atom is 0.253 e. The highest BCUT2D eigenvalue weighted by molar-refractivity contribution is 7.99. The zero-order chi connectivity index (χ0) is 23.4. The highest BCUT2D eigenvalue weighted by Gasteiger charge is 2.15. The van der Waals surface area contributed by atoms with Gasteiger partial charge in [-0.25, -0.2) is 0 Å². The predicted molar refractivity (Wildman–Crippen MR) is 132 cm³/mol. The Hall–Kier alpha value is -3.07. The van der Waals surface area contributed by atoms with Crippen molar-refractivity contribution < 1.29 is 9.59 Å². The number of benzene rings is 3. The van der Waals surface area contributed by atoms with Crippen LogP contribution in [0.3, 0.4) is 0 Å². The average molecular weight is 500 g/mol. The molecule has 7 nitrogen and oxygen atoms in total. The molecule has 4 rings (SSSR count). The Kier molecular flexibility index (Phi) is 7.17. The standard InChI is InChI=1S/C23H19Cl2N5O2S/c1-30-20(12-26-22(32)18-9-7-16(24)11-19(18)25)28-29-23(30)33-13-21(31)27-17-8-6-14-4-2-3-5-15(14)10-17/h2-11H,12-13H2,1H3,(H,26,32)(H,27,31). The molecule has 0 aliphatic rings. The molecule has 0 aliphatic heterocycles. The highest BCUT2D eigenvalue weighted by Crippen LogP contribution is 2.22. The first kappa shape index (κ1) is 23.1. The van der Waals surface area contributed by atoms with Gasteiger partial charge in [0.05, 0.1) is 22.9 Å².